The van der Waals surface area contributed by atoms with Crippen molar-refractivity contribution in [2.45, 2.75) is 24.9 Å². The summed E-state index contributed by atoms with van der Waals surface area (Å²) in [5.41, 5.74) is 2.21. The lowest BCUT2D eigenvalue weighted by molar-refractivity contribution is 0.222. The molecule has 140 valence electrons. The van der Waals surface area contributed by atoms with Crippen LogP contribution < -0.4 is 5.32 Å². The Hall–Kier alpha value is -1.11. The van der Waals surface area contributed by atoms with Crippen LogP contribution in [-0.4, -0.2) is 44.2 Å². The smallest absolute Gasteiger partial charge is 0.211 e. The van der Waals surface area contributed by atoms with Gasteiger partial charge in [-0.25, -0.2) is 8.42 Å². The molecule has 0 spiro atoms. The highest BCUT2D eigenvalue weighted by Crippen LogP contribution is 2.20. The Labute approximate surface area is 165 Å². The van der Waals surface area contributed by atoms with Crippen molar-refractivity contribution >= 4 is 33.2 Å². The third kappa shape index (κ3) is 5.21. The minimum atomic E-state index is -3.29. The largest absolute Gasteiger partial charge is 0.311 e. The van der Waals surface area contributed by atoms with Crippen LogP contribution in [0.4, 0.5) is 0 Å². The maximum atomic E-state index is 12.3. The van der Waals surface area contributed by atoms with Gasteiger partial charge in [-0.1, -0.05) is 47.5 Å². The van der Waals surface area contributed by atoms with Crippen LogP contribution in [0.5, 0.6) is 0 Å². The molecule has 4 nitrogen and oxygen atoms in total. The molecule has 1 fully saturated rings. The highest BCUT2D eigenvalue weighted by molar-refractivity contribution is 7.88. The normalized spacial score (nSPS) is 21.7. The Balaban J connectivity index is 1.71. The lowest BCUT2D eigenvalue weighted by Crippen LogP contribution is -2.59. The van der Waals surface area contributed by atoms with Crippen molar-refractivity contribution in [2.24, 2.45) is 0 Å². The Morgan fingerprint density at radius 2 is 1.46 bits per heavy atom. The molecule has 2 unspecified atom stereocenters. The summed E-state index contributed by atoms with van der Waals surface area (Å²) in [6.45, 7) is 1.08. The SMILES string of the molecule is CS(=O)(=O)N1CC(Cc2ccc(Cl)cc2)NCC1Cc1ccc(Cl)cc1. The van der Waals surface area contributed by atoms with Crippen molar-refractivity contribution in [1.82, 2.24) is 9.62 Å². The van der Waals surface area contributed by atoms with Crippen molar-refractivity contribution in [3.63, 3.8) is 0 Å². The molecule has 1 heterocycles. The van der Waals surface area contributed by atoms with Crippen LogP contribution in [0.2, 0.25) is 10.0 Å². The Morgan fingerprint density at radius 3 is 1.96 bits per heavy atom. The summed E-state index contributed by atoms with van der Waals surface area (Å²) in [4.78, 5) is 0. The molecule has 3 rings (SSSR count). The molecule has 0 saturated carbocycles. The van der Waals surface area contributed by atoms with Crippen LogP contribution in [0.3, 0.4) is 0 Å². The Bertz CT molecular complexity index is 839. The van der Waals surface area contributed by atoms with Gasteiger partial charge in [0.15, 0.2) is 0 Å². The Morgan fingerprint density at radius 1 is 0.962 bits per heavy atom. The molecule has 0 radical (unpaired) electrons. The summed E-state index contributed by atoms with van der Waals surface area (Å²) >= 11 is 11.9. The summed E-state index contributed by atoms with van der Waals surface area (Å²) in [6.07, 6.45) is 2.70. The number of halogens is 2. The molecule has 1 aliphatic rings. The number of rotatable bonds is 5. The molecule has 0 amide bonds. The first-order valence-electron chi connectivity index (χ1n) is 8.50. The van der Waals surface area contributed by atoms with E-state index in [2.05, 4.69) is 5.32 Å². The van der Waals surface area contributed by atoms with E-state index in [0.717, 1.165) is 17.5 Å². The van der Waals surface area contributed by atoms with Crippen molar-refractivity contribution in [1.29, 1.82) is 0 Å². The molecule has 0 aromatic heterocycles. The molecular weight excluding hydrogens is 391 g/mol. The number of sulfonamides is 1. The summed E-state index contributed by atoms with van der Waals surface area (Å²) in [7, 11) is -3.29. The first-order valence-corrected chi connectivity index (χ1v) is 11.1. The van der Waals surface area contributed by atoms with Gasteiger partial charge in [0.25, 0.3) is 0 Å². The molecule has 0 bridgehead atoms. The average molecular weight is 413 g/mol. The second kappa shape index (κ2) is 8.28. The highest BCUT2D eigenvalue weighted by Gasteiger charge is 2.33. The second-order valence-electron chi connectivity index (χ2n) is 6.75. The van der Waals surface area contributed by atoms with Gasteiger partial charge in [0.2, 0.25) is 10.0 Å². The predicted octanol–water partition coefficient (Wildman–Crippen LogP) is 3.38. The molecule has 26 heavy (non-hydrogen) atoms. The number of nitrogens with one attached hydrogen (secondary N) is 1. The van der Waals surface area contributed by atoms with Gasteiger partial charge in [-0.15, -0.1) is 0 Å². The summed E-state index contributed by atoms with van der Waals surface area (Å²) in [5.74, 6) is 0. The van der Waals surface area contributed by atoms with Crippen molar-refractivity contribution < 1.29 is 8.42 Å². The fourth-order valence-corrected chi connectivity index (χ4v) is 4.74. The average Bonchev–Trinajstić information content (AvgIpc) is 2.59. The van der Waals surface area contributed by atoms with E-state index in [9.17, 15) is 8.42 Å². The van der Waals surface area contributed by atoms with Crippen molar-refractivity contribution in [2.75, 3.05) is 19.3 Å². The van der Waals surface area contributed by atoms with E-state index in [4.69, 9.17) is 23.2 Å². The molecule has 1 N–H and O–H groups in total. The number of benzene rings is 2. The lowest BCUT2D eigenvalue weighted by Gasteiger charge is -2.39. The standard InChI is InChI=1S/C19H22Cl2N2O2S/c1-26(24,25)23-13-18(10-14-2-6-16(20)7-3-14)22-12-19(23)11-15-4-8-17(21)9-5-15/h2-9,18-19,22H,10-13H2,1H3. The van der Waals surface area contributed by atoms with E-state index in [1.165, 1.54) is 6.26 Å². The zero-order chi connectivity index (χ0) is 18.7. The molecule has 1 aliphatic heterocycles. The highest BCUT2D eigenvalue weighted by atomic mass is 35.5. The molecule has 2 aromatic rings. The fraction of sp³-hybridized carbons (Fsp3) is 0.368. The molecule has 2 atom stereocenters. The van der Waals surface area contributed by atoms with Crippen LogP contribution in [0.15, 0.2) is 48.5 Å². The van der Waals surface area contributed by atoms with E-state index >= 15 is 0 Å². The number of nitrogens with zero attached hydrogens (tertiary/aromatic N) is 1. The third-order valence-electron chi connectivity index (χ3n) is 4.66. The van der Waals surface area contributed by atoms with Crippen LogP contribution in [-0.2, 0) is 22.9 Å². The van der Waals surface area contributed by atoms with Gasteiger partial charge in [-0.05, 0) is 48.2 Å². The zero-order valence-electron chi connectivity index (χ0n) is 14.5. The van der Waals surface area contributed by atoms with Gasteiger partial charge in [0.1, 0.15) is 0 Å². The van der Waals surface area contributed by atoms with Gasteiger partial charge in [0, 0.05) is 35.2 Å². The van der Waals surface area contributed by atoms with Crippen LogP contribution in [0, 0.1) is 0 Å². The number of piperazine rings is 1. The van der Waals surface area contributed by atoms with E-state index in [-0.39, 0.29) is 12.1 Å². The summed E-state index contributed by atoms with van der Waals surface area (Å²) in [5, 5.41) is 4.88. The van der Waals surface area contributed by atoms with Gasteiger partial charge in [-0.2, -0.15) is 4.31 Å². The fourth-order valence-electron chi connectivity index (χ4n) is 3.35. The Kier molecular flexibility index (Phi) is 6.25. The molecule has 7 heteroatoms. The van der Waals surface area contributed by atoms with Gasteiger partial charge < -0.3 is 5.32 Å². The third-order valence-corrected chi connectivity index (χ3v) is 6.46. The predicted molar refractivity (Wildman–Crippen MR) is 107 cm³/mol. The van der Waals surface area contributed by atoms with E-state index < -0.39 is 10.0 Å². The number of hydrogen-bond acceptors (Lipinski definition) is 3. The van der Waals surface area contributed by atoms with E-state index in [1.54, 1.807) is 4.31 Å². The molecular formula is C19H22Cl2N2O2S. The quantitative estimate of drug-likeness (QED) is 0.818. The van der Waals surface area contributed by atoms with Crippen LogP contribution in [0.1, 0.15) is 11.1 Å². The first kappa shape index (κ1) is 19.6. The van der Waals surface area contributed by atoms with Gasteiger partial charge in [-0.3, -0.25) is 0 Å². The van der Waals surface area contributed by atoms with Gasteiger partial charge >= 0.3 is 0 Å². The van der Waals surface area contributed by atoms with E-state index in [0.29, 0.717) is 29.6 Å². The minimum Gasteiger partial charge on any atom is -0.311 e. The van der Waals surface area contributed by atoms with Crippen LogP contribution >= 0.6 is 23.2 Å². The summed E-state index contributed by atoms with van der Waals surface area (Å²) < 4.78 is 26.3. The molecule has 2 aromatic carbocycles. The monoisotopic (exact) mass is 412 g/mol. The maximum absolute atomic E-state index is 12.3. The minimum absolute atomic E-state index is 0.0763. The maximum Gasteiger partial charge on any atom is 0.211 e. The molecule has 1 saturated heterocycles. The topological polar surface area (TPSA) is 49.4 Å². The van der Waals surface area contributed by atoms with Crippen molar-refractivity contribution in [3.05, 3.63) is 69.7 Å². The van der Waals surface area contributed by atoms with Crippen LogP contribution in [0.25, 0.3) is 0 Å². The summed E-state index contributed by atoms with van der Waals surface area (Å²) in [6, 6.07) is 15.2. The number of hydrogen-bond donors (Lipinski definition) is 1. The molecule has 0 aliphatic carbocycles. The lowest BCUT2D eigenvalue weighted by atomic mass is 10.00. The van der Waals surface area contributed by atoms with Crippen molar-refractivity contribution in [3.8, 4) is 0 Å². The zero-order valence-corrected chi connectivity index (χ0v) is 16.9. The van der Waals surface area contributed by atoms with E-state index in [1.807, 2.05) is 48.5 Å². The van der Waals surface area contributed by atoms with Gasteiger partial charge in [0.05, 0.1) is 6.26 Å². The first-order chi connectivity index (χ1) is 12.3. The second-order valence-corrected chi connectivity index (χ2v) is 9.56.